The van der Waals surface area contributed by atoms with Crippen molar-refractivity contribution in [1.82, 2.24) is 14.8 Å². The lowest BCUT2D eigenvalue weighted by Gasteiger charge is -2.16. The molecule has 0 aliphatic carbocycles. The molecule has 80 valence electrons. The summed E-state index contributed by atoms with van der Waals surface area (Å²) in [5.41, 5.74) is 5.58. The Bertz CT molecular complexity index is 295. The van der Waals surface area contributed by atoms with Gasteiger partial charge in [0.2, 0.25) is 0 Å². The van der Waals surface area contributed by atoms with Crippen molar-refractivity contribution in [2.75, 3.05) is 7.11 Å². The van der Waals surface area contributed by atoms with Crippen LogP contribution < -0.4 is 5.73 Å². The molecule has 5 heteroatoms. The molecule has 0 spiro atoms. The van der Waals surface area contributed by atoms with Gasteiger partial charge in [-0.3, -0.25) is 0 Å². The lowest BCUT2D eigenvalue weighted by atomic mass is 10.3. The first-order valence-electron chi connectivity index (χ1n) is 4.78. The van der Waals surface area contributed by atoms with E-state index in [9.17, 15) is 0 Å². The van der Waals surface area contributed by atoms with Crippen LogP contribution in [0.1, 0.15) is 44.6 Å². The van der Waals surface area contributed by atoms with Gasteiger partial charge >= 0.3 is 0 Å². The summed E-state index contributed by atoms with van der Waals surface area (Å²) in [6.07, 6.45) is -0.0507. The zero-order valence-corrected chi connectivity index (χ0v) is 9.19. The van der Waals surface area contributed by atoms with Crippen molar-refractivity contribution in [1.29, 1.82) is 0 Å². The van der Waals surface area contributed by atoms with Crippen LogP contribution in [0.5, 0.6) is 0 Å². The van der Waals surface area contributed by atoms with Crippen molar-refractivity contribution in [3.63, 3.8) is 0 Å². The fraction of sp³-hybridized carbons (Fsp3) is 0.778. The second kappa shape index (κ2) is 4.52. The quantitative estimate of drug-likeness (QED) is 0.784. The second-order valence-corrected chi connectivity index (χ2v) is 3.52. The average Bonchev–Trinajstić information content (AvgIpc) is 2.59. The first-order valence-corrected chi connectivity index (χ1v) is 4.78. The monoisotopic (exact) mass is 198 g/mol. The van der Waals surface area contributed by atoms with Crippen LogP contribution in [0.4, 0.5) is 0 Å². The van der Waals surface area contributed by atoms with E-state index in [4.69, 9.17) is 10.5 Å². The number of hydrogen-bond acceptors (Lipinski definition) is 4. The van der Waals surface area contributed by atoms with Crippen molar-refractivity contribution >= 4 is 0 Å². The lowest BCUT2D eigenvalue weighted by molar-refractivity contribution is 0.107. The van der Waals surface area contributed by atoms with E-state index in [1.165, 1.54) is 0 Å². The predicted molar refractivity (Wildman–Crippen MR) is 53.7 cm³/mol. The van der Waals surface area contributed by atoms with Gasteiger partial charge in [0.25, 0.3) is 0 Å². The highest BCUT2D eigenvalue weighted by molar-refractivity contribution is 5.00. The van der Waals surface area contributed by atoms with Crippen LogP contribution >= 0.6 is 0 Å². The molecule has 1 rings (SSSR count). The van der Waals surface area contributed by atoms with Crippen LogP contribution in [-0.2, 0) is 11.3 Å². The van der Waals surface area contributed by atoms with E-state index in [0.29, 0.717) is 12.6 Å². The smallest absolute Gasteiger partial charge is 0.162 e. The largest absolute Gasteiger partial charge is 0.374 e. The number of nitrogens with zero attached hydrogens (tertiary/aromatic N) is 3. The molecule has 14 heavy (non-hydrogen) atoms. The summed E-state index contributed by atoms with van der Waals surface area (Å²) in [7, 11) is 1.66. The number of ether oxygens (including phenoxy) is 1. The van der Waals surface area contributed by atoms with Crippen molar-refractivity contribution in [2.24, 2.45) is 5.73 Å². The maximum absolute atomic E-state index is 5.58. The highest BCUT2D eigenvalue weighted by atomic mass is 16.5. The molecule has 1 aromatic rings. The molecule has 0 bridgehead atoms. The molecule has 0 aliphatic heterocycles. The topological polar surface area (TPSA) is 66.0 Å². The van der Waals surface area contributed by atoms with Crippen LogP contribution in [0.25, 0.3) is 0 Å². The molecule has 1 atom stereocenters. The van der Waals surface area contributed by atoms with Crippen molar-refractivity contribution in [2.45, 2.75) is 39.5 Å². The Hall–Kier alpha value is -0.940. The summed E-state index contributed by atoms with van der Waals surface area (Å²) in [6, 6.07) is 0.302. The molecule has 1 aromatic heterocycles. The number of nitrogens with two attached hydrogens (primary N) is 1. The van der Waals surface area contributed by atoms with Gasteiger partial charge in [-0.1, -0.05) is 0 Å². The Morgan fingerprint density at radius 2 is 2.00 bits per heavy atom. The van der Waals surface area contributed by atoms with Crippen LogP contribution in [-0.4, -0.2) is 21.9 Å². The number of methoxy groups -OCH3 is 1. The maximum Gasteiger partial charge on any atom is 0.162 e. The Morgan fingerprint density at radius 3 is 2.43 bits per heavy atom. The predicted octanol–water partition coefficient (Wildman–Crippen LogP) is 1.03. The number of hydrogen-bond donors (Lipinski definition) is 1. The van der Waals surface area contributed by atoms with Gasteiger partial charge in [-0.25, -0.2) is 0 Å². The average molecular weight is 198 g/mol. The van der Waals surface area contributed by atoms with E-state index in [0.717, 1.165) is 11.6 Å². The van der Waals surface area contributed by atoms with E-state index < -0.39 is 0 Å². The molecule has 0 amide bonds. The highest BCUT2D eigenvalue weighted by Gasteiger charge is 2.18. The lowest BCUT2D eigenvalue weighted by Crippen LogP contribution is -2.15. The van der Waals surface area contributed by atoms with Crippen molar-refractivity contribution in [3.8, 4) is 0 Å². The van der Waals surface area contributed by atoms with Gasteiger partial charge in [0, 0.05) is 13.2 Å². The number of rotatable bonds is 4. The summed E-state index contributed by atoms with van der Waals surface area (Å²) < 4.78 is 7.24. The molecular formula is C9H18N4O. The number of aromatic nitrogens is 3. The molecule has 0 aromatic carbocycles. The van der Waals surface area contributed by atoms with Crippen molar-refractivity contribution in [3.05, 3.63) is 11.6 Å². The van der Waals surface area contributed by atoms with Gasteiger partial charge < -0.3 is 15.0 Å². The van der Waals surface area contributed by atoms with Gasteiger partial charge in [0.05, 0.1) is 6.54 Å². The molecule has 0 fully saturated rings. The van der Waals surface area contributed by atoms with Gasteiger partial charge in [-0.05, 0) is 20.8 Å². The van der Waals surface area contributed by atoms with Gasteiger partial charge in [-0.15, -0.1) is 10.2 Å². The molecule has 0 aliphatic rings. The Kier molecular flexibility index (Phi) is 3.60. The van der Waals surface area contributed by atoms with Gasteiger partial charge in [0.1, 0.15) is 11.9 Å². The normalized spacial score (nSPS) is 13.6. The molecule has 0 saturated carbocycles. The van der Waals surface area contributed by atoms with Crippen molar-refractivity contribution < 1.29 is 4.74 Å². The van der Waals surface area contributed by atoms with E-state index in [2.05, 4.69) is 24.0 Å². The standard InChI is InChI=1S/C9H18N4O/c1-6(2)13-8(5-10)11-12-9(13)7(3)14-4/h6-7H,5,10H2,1-4H3. The molecular weight excluding hydrogens is 180 g/mol. The van der Waals surface area contributed by atoms with Gasteiger partial charge in [0.15, 0.2) is 5.82 Å². The van der Waals surface area contributed by atoms with Crippen LogP contribution in [0.15, 0.2) is 0 Å². The first-order chi connectivity index (χ1) is 6.61. The third kappa shape index (κ3) is 1.93. The van der Waals surface area contributed by atoms with E-state index in [1.807, 2.05) is 11.5 Å². The second-order valence-electron chi connectivity index (χ2n) is 3.52. The summed E-state index contributed by atoms with van der Waals surface area (Å²) in [5, 5.41) is 8.12. The minimum atomic E-state index is -0.0507. The zero-order chi connectivity index (χ0) is 10.7. The molecule has 1 unspecified atom stereocenters. The molecule has 1 heterocycles. The third-order valence-corrected chi connectivity index (χ3v) is 2.21. The van der Waals surface area contributed by atoms with Crippen LogP contribution in [0.2, 0.25) is 0 Å². The minimum Gasteiger partial charge on any atom is -0.374 e. The van der Waals surface area contributed by atoms with Crippen LogP contribution in [0.3, 0.4) is 0 Å². The Morgan fingerprint density at radius 1 is 1.36 bits per heavy atom. The van der Waals surface area contributed by atoms with Gasteiger partial charge in [-0.2, -0.15) is 0 Å². The van der Waals surface area contributed by atoms with E-state index in [-0.39, 0.29) is 6.10 Å². The fourth-order valence-corrected chi connectivity index (χ4v) is 1.42. The molecule has 2 N–H and O–H groups in total. The maximum atomic E-state index is 5.58. The highest BCUT2D eigenvalue weighted by Crippen LogP contribution is 2.19. The van der Waals surface area contributed by atoms with E-state index >= 15 is 0 Å². The van der Waals surface area contributed by atoms with E-state index in [1.54, 1.807) is 7.11 Å². The summed E-state index contributed by atoms with van der Waals surface area (Å²) >= 11 is 0. The zero-order valence-electron chi connectivity index (χ0n) is 9.19. The molecule has 0 radical (unpaired) electrons. The molecule has 5 nitrogen and oxygen atoms in total. The Balaban J connectivity index is 3.10. The third-order valence-electron chi connectivity index (χ3n) is 2.21. The first kappa shape index (κ1) is 11.1. The summed E-state index contributed by atoms with van der Waals surface area (Å²) in [6.45, 7) is 6.51. The fourth-order valence-electron chi connectivity index (χ4n) is 1.42. The van der Waals surface area contributed by atoms with Crippen LogP contribution in [0, 0.1) is 0 Å². The summed E-state index contributed by atoms with van der Waals surface area (Å²) in [4.78, 5) is 0. The minimum absolute atomic E-state index is 0.0507. The summed E-state index contributed by atoms with van der Waals surface area (Å²) in [5.74, 6) is 1.64. The Labute approximate surface area is 84.3 Å². The molecule has 0 saturated heterocycles. The SMILES string of the molecule is COC(C)c1nnc(CN)n1C(C)C.